The molecule has 86 valence electrons. The van der Waals surface area contributed by atoms with E-state index in [1.807, 2.05) is 10.9 Å². The molecule has 0 aliphatic rings. The van der Waals surface area contributed by atoms with E-state index in [1.165, 1.54) is 18.4 Å². The van der Waals surface area contributed by atoms with Crippen LogP contribution in [0.1, 0.15) is 39.2 Å². The molecule has 1 rings (SSSR count). The maximum absolute atomic E-state index is 4.29. The molecule has 1 N–H and O–H groups in total. The van der Waals surface area contributed by atoms with E-state index in [-0.39, 0.29) is 0 Å². The van der Waals surface area contributed by atoms with Crippen molar-refractivity contribution in [1.82, 2.24) is 15.1 Å². The Hall–Kier alpha value is -0.830. The van der Waals surface area contributed by atoms with Crippen LogP contribution in [0.4, 0.5) is 0 Å². The van der Waals surface area contributed by atoms with Gasteiger partial charge in [-0.2, -0.15) is 5.10 Å². The van der Waals surface area contributed by atoms with Gasteiger partial charge in [-0.05, 0) is 38.3 Å². The average Bonchev–Trinajstić information content (AvgIpc) is 2.71. The van der Waals surface area contributed by atoms with Gasteiger partial charge < -0.3 is 5.32 Å². The molecule has 1 atom stereocenters. The fourth-order valence-corrected chi connectivity index (χ4v) is 1.68. The van der Waals surface area contributed by atoms with Crippen molar-refractivity contribution in [1.29, 1.82) is 0 Å². The number of nitrogens with one attached hydrogen (secondary N) is 1. The molecule has 1 heterocycles. The zero-order chi connectivity index (χ0) is 11.1. The molecular formula is C12H23N3. The second kappa shape index (κ2) is 6.62. The molecule has 3 nitrogen and oxygen atoms in total. The summed E-state index contributed by atoms with van der Waals surface area (Å²) in [5.74, 6) is 0. The summed E-state index contributed by atoms with van der Waals surface area (Å²) in [6.07, 6.45) is 7.61. The molecule has 15 heavy (non-hydrogen) atoms. The van der Waals surface area contributed by atoms with Crippen LogP contribution < -0.4 is 5.32 Å². The molecule has 1 aromatic rings. The average molecular weight is 209 g/mol. The highest BCUT2D eigenvalue weighted by molar-refractivity contribution is 5.06. The van der Waals surface area contributed by atoms with Crippen LogP contribution in [0.25, 0.3) is 0 Å². The monoisotopic (exact) mass is 209 g/mol. The molecule has 0 amide bonds. The van der Waals surface area contributed by atoms with Crippen molar-refractivity contribution >= 4 is 0 Å². The molecule has 0 saturated heterocycles. The molecule has 0 fully saturated rings. The van der Waals surface area contributed by atoms with Gasteiger partial charge in [0.2, 0.25) is 0 Å². The van der Waals surface area contributed by atoms with Crippen LogP contribution in [0.15, 0.2) is 12.4 Å². The number of aryl methyl sites for hydroxylation is 1. The van der Waals surface area contributed by atoms with Crippen molar-refractivity contribution in [3.05, 3.63) is 18.0 Å². The van der Waals surface area contributed by atoms with Crippen LogP contribution >= 0.6 is 0 Å². The van der Waals surface area contributed by atoms with Crippen LogP contribution in [-0.2, 0) is 13.0 Å². The summed E-state index contributed by atoms with van der Waals surface area (Å²) in [5.41, 5.74) is 1.34. The van der Waals surface area contributed by atoms with Gasteiger partial charge in [-0.3, -0.25) is 4.68 Å². The summed E-state index contributed by atoms with van der Waals surface area (Å²) < 4.78 is 1.99. The van der Waals surface area contributed by atoms with Gasteiger partial charge in [-0.15, -0.1) is 0 Å². The maximum Gasteiger partial charge on any atom is 0.0522 e. The van der Waals surface area contributed by atoms with Crippen molar-refractivity contribution in [3.63, 3.8) is 0 Å². The summed E-state index contributed by atoms with van der Waals surface area (Å²) in [6.45, 7) is 8.62. The summed E-state index contributed by atoms with van der Waals surface area (Å²) >= 11 is 0. The van der Waals surface area contributed by atoms with Gasteiger partial charge in [0.25, 0.3) is 0 Å². The molecule has 0 saturated carbocycles. The van der Waals surface area contributed by atoms with Crippen LogP contribution in [0, 0.1) is 0 Å². The van der Waals surface area contributed by atoms with Gasteiger partial charge in [0.1, 0.15) is 0 Å². The first-order chi connectivity index (χ1) is 7.30. The maximum atomic E-state index is 4.29. The van der Waals surface area contributed by atoms with Crippen molar-refractivity contribution in [3.8, 4) is 0 Å². The Bertz CT molecular complexity index is 268. The molecule has 0 spiro atoms. The van der Waals surface area contributed by atoms with E-state index in [0.29, 0.717) is 6.04 Å². The molecule has 3 heteroatoms. The minimum absolute atomic E-state index is 0.597. The first-order valence-electron chi connectivity index (χ1n) is 6.04. The lowest BCUT2D eigenvalue weighted by atomic mass is 10.1. The van der Waals surface area contributed by atoms with Crippen molar-refractivity contribution < 1.29 is 0 Å². The molecule has 1 unspecified atom stereocenters. The van der Waals surface area contributed by atoms with E-state index in [2.05, 4.69) is 37.4 Å². The number of hydrogen-bond acceptors (Lipinski definition) is 2. The summed E-state index contributed by atoms with van der Waals surface area (Å²) in [6, 6.07) is 0.597. The van der Waals surface area contributed by atoms with Crippen molar-refractivity contribution in [2.45, 2.75) is 52.6 Å². The molecular weight excluding hydrogens is 186 g/mol. The van der Waals surface area contributed by atoms with Crippen molar-refractivity contribution in [2.24, 2.45) is 0 Å². The smallest absolute Gasteiger partial charge is 0.0522 e. The normalized spacial score (nSPS) is 13.0. The molecule has 1 aromatic heterocycles. The van der Waals surface area contributed by atoms with Crippen molar-refractivity contribution in [2.75, 3.05) is 6.54 Å². The largest absolute Gasteiger partial charge is 0.314 e. The van der Waals surface area contributed by atoms with E-state index in [9.17, 15) is 0 Å². The fraction of sp³-hybridized carbons (Fsp3) is 0.750. The Kier molecular flexibility index (Phi) is 5.40. The SMILES string of the molecule is CCCNC(CC)Cc1cnn(CC)c1. The lowest BCUT2D eigenvalue weighted by Crippen LogP contribution is -2.30. The van der Waals surface area contributed by atoms with E-state index in [1.54, 1.807) is 0 Å². The second-order valence-electron chi connectivity index (χ2n) is 3.97. The molecule has 0 radical (unpaired) electrons. The third-order valence-corrected chi connectivity index (χ3v) is 2.67. The van der Waals surface area contributed by atoms with Crippen LogP contribution in [0.3, 0.4) is 0 Å². The quantitative estimate of drug-likeness (QED) is 0.746. The number of hydrogen-bond donors (Lipinski definition) is 1. The summed E-state index contributed by atoms with van der Waals surface area (Å²) in [4.78, 5) is 0. The van der Waals surface area contributed by atoms with Gasteiger partial charge in [-0.1, -0.05) is 13.8 Å². The van der Waals surface area contributed by atoms with Crippen LogP contribution in [0.2, 0.25) is 0 Å². The summed E-state index contributed by atoms with van der Waals surface area (Å²) in [5, 5.41) is 7.85. The van der Waals surface area contributed by atoms with E-state index < -0.39 is 0 Å². The zero-order valence-corrected chi connectivity index (χ0v) is 10.2. The Morgan fingerprint density at radius 3 is 2.73 bits per heavy atom. The third-order valence-electron chi connectivity index (χ3n) is 2.67. The van der Waals surface area contributed by atoms with Gasteiger partial charge in [-0.25, -0.2) is 0 Å². The van der Waals surface area contributed by atoms with Gasteiger partial charge in [0, 0.05) is 18.8 Å². The Balaban J connectivity index is 2.43. The highest BCUT2D eigenvalue weighted by Crippen LogP contribution is 2.05. The molecule has 0 bridgehead atoms. The van der Waals surface area contributed by atoms with Gasteiger partial charge >= 0.3 is 0 Å². The van der Waals surface area contributed by atoms with Gasteiger partial charge in [0.05, 0.1) is 6.20 Å². The summed E-state index contributed by atoms with van der Waals surface area (Å²) in [7, 11) is 0. The second-order valence-corrected chi connectivity index (χ2v) is 3.97. The van der Waals surface area contributed by atoms with Crippen LogP contribution in [0.5, 0.6) is 0 Å². The topological polar surface area (TPSA) is 29.9 Å². The third kappa shape index (κ3) is 4.04. The fourth-order valence-electron chi connectivity index (χ4n) is 1.68. The first-order valence-corrected chi connectivity index (χ1v) is 6.04. The van der Waals surface area contributed by atoms with E-state index in [0.717, 1.165) is 19.5 Å². The number of rotatable bonds is 7. The Morgan fingerprint density at radius 1 is 1.40 bits per heavy atom. The standard InChI is InChI=1S/C12H23N3/c1-4-7-13-12(5-2)8-11-9-14-15(6-3)10-11/h9-10,12-13H,4-8H2,1-3H3. The zero-order valence-electron chi connectivity index (χ0n) is 10.2. The Labute approximate surface area is 92.9 Å². The highest BCUT2D eigenvalue weighted by Gasteiger charge is 2.07. The van der Waals surface area contributed by atoms with E-state index >= 15 is 0 Å². The number of nitrogens with zero attached hydrogens (tertiary/aromatic N) is 2. The highest BCUT2D eigenvalue weighted by atomic mass is 15.3. The lowest BCUT2D eigenvalue weighted by Gasteiger charge is -2.15. The lowest BCUT2D eigenvalue weighted by molar-refractivity contribution is 0.494. The number of aromatic nitrogens is 2. The minimum Gasteiger partial charge on any atom is -0.314 e. The van der Waals surface area contributed by atoms with E-state index in [4.69, 9.17) is 0 Å². The molecule has 0 aliphatic carbocycles. The molecule has 0 aliphatic heterocycles. The predicted molar refractivity (Wildman–Crippen MR) is 64.0 cm³/mol. The minimum atomic E-state index is 0.597. The molecule has 0 aromatic carbocycles. The Morgan fingerprint density at radius 2 is 2.20 bits per heavy atom. The first kappa shape index (κ1) is 12.2. The van der Waals surface area contributed by atoms with Gasteiger partial charge in [0.15, 0.2) is 0 Å². The predicted octanol–water partition coefficient (Wildman–Crippen LogP) is 2.22. The van der Waals surface area contributed by atoms with Crippen LogP contribution in [-0.4, -0.2) is 22.4 Å².